The molecule has 1 amide bonds. The van der Waals surface area contributed by atoms with Crippen molar-refractivity contribution < 1.29 is 13.2 Å². The van der Waals surface area contributed by atoms with Crippen LogP contribution in [-0.2, 0) is 14.8 Å². The zero-order valence-corrected chi connectivity index (χ0v) is 17.4. The van der Waals surface area contributed by atoms with Crippen molar-refractivity contribution in [3.63, 3.8) is 0 Å². The Kier molecular flexibility index (Phi) is 6.58. The molecule has 0 aliphatic carbocycles. The van der Waals surface area contributed by atoms with Gasteiger partial charge < -0.3 is 4.90 Å². The van der Waals surface area contributed by atoms with Crippen LogP contribution in [0.25, 0.3) is 0 Å². The third kappa shape index (κ3) is 4.54. The molecule has 1 unspecified atom stereocenters. The molecule has 0 N–H and O–H groups in total. The summed E-state index contributed by atoms with van der Waals surface area (Å²) in [6.45, 7) is 5.88. The average Bonchev–Trinajstić information content (AvgIpc) is 3.16. The molecule has 2 aliphatic heterocycles. The lowest BCUT2D eigenvalue weighted by Crippen LogP contribution is -2.44. The highest BCUT2D eigenvalue weighted by Crippen LogP contribution is 2.36. The van der Waals surface area contributed by atoms with Gasteiger partial charge in [-0.3, -0.25) is 4.79 Å². The number of unbranched alkanes of at least 4 members (excludes halogenated alkanes) is 1. The number of sulfonamides is 1. The zero-order valence-electron chi connectivity index (χ0n) is 16.6. The summed E-state index contributed by atoms with van der Waals surface area (Å²) in [4.78, 5) is 15.2. The summed E-state index contributed by atoms with van der Waals surface area (Å²) in [6, 6.07) is 8.49. The minimum Gasteiger partial charge on any atom is -0.335 e. The zero-order chi connectivity index (χ0) is 19.4. The Hall–Kier alpha value is -1.40. The van der Waals surface area contributed by atoms with Gasteiger partial charge in [0.05, 0.1) is 11.8 Å². The highest BCUT2D eigenvalue weighted by atomic mass is 32.2. The summed E-state index contributed by atoms with van der Waals surface area (Å²) in [5.74, 6) is 0.391. The molecule has 1 aromatic carbocycles. The monoisotopic (exact) mass is 392 g/mol. The molecule has 2 saturated heterocycles. The van der Waals surface area contributed by atoms with Crippen LogP contribution in [0.4, 0.5) is 0 Å². The Morgan fingerprint density at radius 1 is 1.11 bits per heavy atom. The number of aryl methyl sites for hydroxylation is 1. The second-order valence-electron chi connectivity index (χ2n) is 7.89. The van der Waals surface area contributed by atoms with E-state index in [1.54, 1.807) is 4.31 Å². The van der Waals surface area contributed by atoms with E-state index in [0.29, 0.717) is 32.4 Å². The lowest BCUT2D eigenvalue weighted by atomic mass is 9.94. The maximum atomic E-state index is 13.2. The minimum absolute atomic E-state index is 0.0488. The Morgan fingerprint density at radius 3 is 2.48 bits per heavy atom. The van der Waals surface area contributed by atoms with E-state index in [-0.39, 0.29) is 23.6 Å². The minimum atomic E-state index is -3.16. The van der Waals surface area contributed by atoms with Crippen molar-refractivity contribution in [3.05, 3.63) is 35.4 Å². The molecule has 2 fully saturated rings. The summed E-state index contributed by atoms with van der Waals surface area (Å²) in [5.41, 5.74) is 2.49. The molecule has 150 valence electrons. The van der Waals surface area contributed by atoms with Gasteiger partial charge in [0.1, 0.15) is 0 Å². The number of carbonyl (C=O) groups excluding carboxylic acids is 1. The number of carbonyl (C=O) groups is 1. The van der Waals surface area contributed by atoms with Gasteiger partial charge in [0.15, 0.2) is 0 Å². The number of amides is 1. The number of likely N-dealkylation sites (tertiary alicyclic amines) is 1. The van der Waals surface area contributed by atoms with E-state index in [2.05, 4.69) is 19.1 Å². The molecular weight excluding hydrogens is 360 g/mol. The summed E-state index contributed by atoms with van der Waals surface area (Å²) >= 11 is 0. The van der Waals surface area contributed by atoms with Crippen molar-refractivity contribution in [2.45, 2.75) is 58.4 Å². The molecule has 5 nitrogen and oxygen atoms in total. The second-order valence-corrected chi connectivity index (χ2v) is 9.98. The fourth-order valence-corrected chi connectivity index (χ4v) is 6.06. The molecule has 2 heterocycles. The largest absolute Gasteiger partial charge is 0.335 e. The number of nitrogens with zero attached hydrogens (tertiary/aromatic N) is 2. The molecular formula is C21H32N2O3S. The van der Waals surface area contributed by atoms with Gasteiger partial charge in [-0.05, 0) is 50.2 Å². The Morgan fingerprint density at radius 2 is 1.81 bits per heavy atom. The predicted molar refractivity (Wildman–Crippen MR) is 108 cm³/mol. The third-order valence-electron chi connectivity index (χ3n) is 6.04. The van der Waals surface area contributed by atoms with Crippen molar-refractivity contribution in [1.29, 1.82) is 0 Å². The van der Waals surface area contributed by atoms with Crippen LogP contribution in [0.5, 0.6) is 0 Å². The van der Waals surface area contributed by atoms with Gasteiger partial charge in [-0.1, -0.05) is 37.6 Å². The van der Waals surface area contributed by atoms with Gasteiger partial charge >= 0.3 is 0 Å². The van der Waals surface area contributed by atoms with Crippen LogP contribution < -0.4 is 0 Å². The summed E-state index contributed by atoms with van der Waals surface area (Å²) < 4.78 is 26.4. The first-order chi connectivity index (χ1) is 12.9. The lowest BCUT2D eigenvalue weighted by molar-refractivity contribution is -0.137. The number of hydrogen-bond donors (Lipinski definition) is 0. The maximum Gasteiger partial charge on any atom is 0.226 e. The SMILES string of the molecule is CCCCS(=O)(=O)N1CCC(C(=O)N2CCCC2c2ccccc2C)CC1. The number of hydrogen-bond acceptors (Lipinski definition) is 3. The first-order valence-electron chi connectivity index (χ1n) is 10.3. The molecule has 1 atom stereocenters. The smallest absolute Gasteiger partial charge is 0.226 e. The van der Waals surface area contributed by atoms with Crippen LogP contribution in [0.15, 0.2) is 24.3 Å². The summed E-state index contributed by atoms with van der Waals surface area (Å²) in [5, 5.41) is 0. The van der Waals surface area contributed by atoms with Gasteiger partial charge in [0, 0.05) is 25.6 Å². The van der Waals surface area contributed by atoms with E-state index in [1.807, 2.05) is 24.0 Å². The molecule has 3 rings (SSSR count). The van der Waals surface area contributed by atoms with Crippen molar-refractivity contribution in [2.75, 3.05) is 25.4 Å². The van der Waals surface area contributed by atoms with Crippen LogP contribution in [0.2, 0.25) is 0 Å². The maximum absolute atomic E-state index is 13.2. The van der Waals surface area contributed by atoms with Crippen molar-refractivity contribution in [1.82, 2.24) is 9.21 Å². The molecule has 6 heteroatoms. The Bertz CT molecular complexity index is 754. The molecule has 1 aromatic rings. The fraction of sp³-hybridized carbons (Fsp3) is 0.667. The van der Waals surface area contributed by atoms with Crippen LogP contribution in [0, 0.1) is 12.8 Å². The van der Waals surface area contributed by atoms with Gasteiger partial charge in [0.25, 0.3) is 0 Å². The van der Waals surface area contributed by atoms with Gasteiger partial charge in [-0.15, -0.1) is 0 Å². The highest BCUT2D eigenvalue weighted by molar-refractivity contribution is 7.89. The van der Waals surface area contributed by atoms with E-state index in [0.717, 1.165) is 25.8 Å². The number of benzene rings is 1. The van der Waals surface area contributed by atoms with E-state index < -0.39 is 10.0 Å². The molecule has 27 heavy (non-hydrogen) atoms. The van der Waals surface area contributed by atoms with Crippen LogP contribution >= 0.6 is 0 Å². The van der Waals surface area contributed by atoms with E-state index in [4.69, 9.17) is 0 Å². The highest BCUT2D eigenvalue weighted by Gasteiger charge is 2.37. The van der Waals surface area contributed by atoms with Crippen molar-refractivity contribution in [3.8, 4) is 0 Å². The van der Waals surface area contributed by atoms with Crippen LogP contribution in [0.1, 0.15) is 62.6 Å². The van der Waals surface area contributed by atoms with E-state index in [9.17, 15) is 13.2 Å². The Balaban J connectivity index is 1.63. The molecule has 0 saturated carbocycles. The van der Waals surface area contributed by atoms with E-state index in [1.165, 1.54) is 11.1 Å². The van der Waals surface area contributed by atoms with Gasteiger partial charge in [-0.25, -0.2) is 12.7 Å². The van der Waals surface area contributed by atoms with Crippen molar-refractivity contribution >= 4 is 15.9 Å². The lowest BCUT2D eigenvalue weighted by Gasteiger charge is -2.34. The molecule has 0 aromatic heterocycles. The van der Waals surface area contributed by atoms with Crippen LogP contribution in [-0.4, -0.2) is 48.9 Å². The standard InChI is InChI=1S/C21H32N2O3S/c1-3-4-16-27(25,26)22-14-11-18(12-15-22)21(24)23-13-7-10-20(23)19-9-6-5-8-17(19)2/h5-6,8-9,18,20H,3-4,7,10-16H2,1-2H3. The predicted octanol–water partition coefficient (Wildman–Crippen LogP) is 3.50. The first kappa shape index (κ1) is 20.3. The van der Waals surface area contributed by atoms with Crippen molar-refractivity contribution in [2.24, 2.45) is 5.92 Å². The van der Waals surface area contributed by atoms with Gasteiger partial charge in [-0.2, -0.15) is 0 Å². The van der Waals surface area contributed by atoms with Crippen LogP contribution in [0.3, 0.4) is 0 Å². The first-order valence-corrected chi connectivity index (χ1v) is 11.9. The third-order valence-corrected chi connectivity index (χ3v) is 7.99. The number of piperidine rings is 1. The average molecular weight is 393 g/mol. The summed E-state index contributed by atoms with van der Waals surface area (Å²) in [6.07, 6.45) is 4.91. The quantitative estimate of drug-likeness (QED) is 0.744. The molecule has 0 radical (unpaired) electrons. The normalized spacial score (nSPS) is 22.3. The summed E-state index contributed by atoms with van der Waals surface area (Å²) in [7, 11) is -3.16. The van der Waals surface area contributed by atoms with Gasteiger partial charge in [0.2, 0.25) is 15.9 Å². The number of rotatable bonds is 6. The Labute approximate surface area is 163 Å². The molecule has 0 bridgehead atoms. The topological polar surface area (TPSA) is 57.7 Å². The molecule has 2 aliphatic rings. The van der Waals surface area contributed by atoms with E-state index >= 15 is 0 Å². The fourth-order valence-electron chi connectivity index (χ4n) is 4.39. The molecule has 0 spiro atoms. The second kappa shape index (κ2) is 8.74.